The highest BCUT2D eigenvalue weighted by Gasteiger charge is 2.16. The molecule has 15 heavy (non-hydrogen) atoms. The molecule has 0 unspecified atom stereocenters. The molecule has 2 N–H and O–H groups in total. The zero-order chi connectivity index (χ0) is 10.5. The smallest absolute Gasteiger partial charge is 0.131 e. The van der Waals surface area contributed by atoms with E-state index in [2.05, 4.69) is 19.8 Å². The topological polar surface area (TPSA) is 58.3 Å². The number of hydrogen-bond acceptors (Lipinski definition) is 5. The molecule has 1 saturated heterocycles. The number of aromatic nitrogens is 2. The minimum atomic E-state index is 0.744. The van der Waals surface area contributed by atoms with Crippen LogP contribution in [0.4, 0.5) is 5.82 Å². The Kier molecular flexibility index (Phi) is 3.47. The van der Waals surface area contributed by atoms with Crippen molar-refractivity contribution in [2.75, 3.05) is 44.2 Å². The highest BCUT2D eigenvalue weighted by Crippen LogP contribution is 2.11. The van der Waals surface area contributed by atoms with Crippen molar-refractivity contribution in [3.8, 4) is 0 Å². The second kappa shape index (κ2) is 5.04. The summed E-state index contributed by atoms with van der Waals surface area (Å²) < 4.78 is 0. The van der Waals surface area contributed by atoms with Gasteiger partial charge in [-0.3, -0.25) is 4.90 Å². The molecule has 0 amide bonds. The van der Waals surface area contributed by atoms with E-state index in [4.69, 9.17) is 5.73 Å². The molecule has 82 valence electrons. The van der Waals surface area contributed by atoms with Crippen molar-refractivity contribution in [1.29, 1.82) is 0 Å². The van der Waals surface area contributed by atoms with E-state index >= 15 is 0 Å². The molecule has 5 nitrogen and oxygen atoms in total. The number of hydrogen-bond donors (Lipinski definition) is 1. The van der Waals surface area contributed by atoms with Crippen molar-refractivity contribution in [1.82, 2.24) is 14.9 Å². The van der Waals surface area contributed by atoms with Crippen molar-refractivity contribution in [3.05, 3.63) is 18.6 Å². The van der Waals surface area contributed by atoms with Crippen molar-refractivity contribution >= 4 is 5.82 Å². The summed E-state index contributed by atoms with van der Waals surface area (Å²) in [7, 11) is 0. The monoisotopic (exact) mass is 207 g/mol. The SMILES string of the molecule is NCCN1CCN(c2ccncn2)CC1. The van der Waals surface area contributed by atoms with Crippen LogP contribution in [0, 0.1) is 0 Å². The van der Waals surface area contributed by atoms with Gasteiger partial charge in [0.1, 0.15) is 12.1 Å². The van der Waals surface area contributed by atoms with E-state index in [1.54, 1.807) is 12.5 Å². The van der Waals surface area contributed by atoms with Gasteiger partial charge < -0.3 is 10.6 Å². The fraction of sp³-hybridized carbons (Fsp3) is 0.600. The lowest BCUT2D eigenvalue weighted by molar-refractivity contribution is 0.264. The maximum atomic E-state index is 5.53. The van der Waals surface area contributed by atoms with E-state index in [1.807, 2.05) is 6.07 Å². The molecular weight excluding hydrogens is 190 g/mol. The molecule has 0 spiro atoms. The summed E-state index contributed by atoms with van der Waals surface area (Å²) in [5, 5.41) is 0. The molecular formula is C10H17N5. The molecule has 1 aliphatic rings. The van der Waals surface area contributed by atoms with Gasteiger partial charge in [0.25, 0.3) is 0 Å². The van der Waals surface area contributed by atoms with Crippen LogP contribution in [0.25, 0.3) is 0 Å². The Hall–Kier alpha value is -1.20. The van der Waals surface area contributed by atoms with Gasteiger partial charge in [0.2, 0.25) is 0 Å². The minimum Gasteiger partial charge on any atom is -0.354 e. The van der Waals surface area contributed by atoms with E-state index < -0.39 is 0 Å². The highest BCUT2D eigenvalue weighted by atomic mass is 15.3. The van der Waals surface area contributed by atoms with Crippen LogP contribution in [-0.4, -0.2) is 54.1 Å². The van der Waals surface area contributed by atoms with Crippen LogP contribution in [0.15, 0.2) is 18.6 Å². The lowest BCUT2D eigenvalue weighted by atomic mass is 10.3. The summed E-state index contributed by atoms with van der Waals surface area (Å²) >= 11 is 0. The second-order valence-electron chi connectivity index (χ2n) is 3.68. The van der Waals surface area contributed by atoms with Gasteiger partial charge >= 0.3 is 0 Å². The number of anilines is 1. The van der Waals surface area contributed by atoms with Gasteiger partial charge in [0.05, 0.1) is 0 Å². The summed E-state index contributed by atoms with van der Waals surface area (Å²) in [4.78, 5) is 12.8. The third-order valence-electron chi connectivity index (χ3n) is 2.71. The summed E-state index contributed by atoms with van der Waals surface area (Å²) in [6.07, 6.45) is 3.39. The van der Waals surface area contributed by atoms with Gasteiger partial charge in [-0.15, -0.1) is 0 Å². The molecule has 1 aromatic heterocycles. The summed E-state index contributed by atoms with van der Waals surface area (Å²) in [5.74, 6) is 1.03. The van der Waals surface area contributed by atoms with Crippen LogP contribution in [0.5, 0.6) is 0 Å². The first-order valence-corrected chi connectivity index (χ1v) is 5.33. The predicted molar refractivity (Wildman–Crippen MR) is 59.7 cm³/mol. The van der Waals surface area contributed by atoms with Crippen LogP contribution in [0.1, 0.15) is 0 Å². The van der Waals surface area contributed by atoms with Crippen molar-refractivity contribution < 1.29 is 0 Å². The first-order chi connectivity index (χ1) is 7.40. The van der Waals surface area contributed by atoms with Gasteiger partial charge in [-0.05, 0) is 6.07 Å². The normalized spacial score (nSPS) is 18.1. The van der Waals surface area contributed by atoms with Crippen LogP contribution in [0.2, 0.25) is 0 Å². The number of nitrogens with zero attached hydrogens (tertiary/aromatic N) is 4. The molecule has 1 fully saturated rings. The molecule has 0 aliphatic carbocycles. The Morgan fingerprint density at radius 3 is 2.67 bits per heavy atom. The molecule has 0 saturated carbocycles. The second-order valence-corrected chi connectivity index (χ2v) is 3.68. The quantitative estimate of drug-likeness (QED) is 0.728. The zero-order valence-corrected chi connectivity index (χ0v) is 8.84. The third kappa shape index (κ3) is 2.64. The fourth-order valence-electron chi connectivity index (χ4n) is 1.85. The first kappa shape index (κ1) is 10.3. The van der Waals surface area contributed by atoms with Crippen molar-refractivity contribution in [2.45, 2.75) is 0 Å². The molecule has 1 aliphatic heterocycles. The molecule has 2 rings (SSSR count). The van der Waals surface area contributed by atoms with Gasteiger partial charge in [0, 0.05) is 45.5 Å². The fourth-order valence-corrected chi connectivity index (χ4v) is 1.85. The van der Waals surface area contributed by atoms with Crippen LogP contribution in [0.3, 0.4) is 0 Å². The van der Waals surface area contributed by atoms with E-state index in [9.17, 15) is 0 Å². The molecule has 2 heterocycles. The maximum absolute atomic E-state index is 5.53. The van der Waals surface area contributed by atoms with Gasteiger partial charge in [-0.1, -0.05) is 0 Å². The zero-order valence-electron chi connectivity index (χ0n) is 8.84. The molecule has 0 atom stereocenters. The molecule has 1 aromatic rings. The highest BCUT2D eigenvalue weighted by molar-refractivity contribution is 5.36. The Labute approximate surface area is 89.9 Å². The Morgan fingerprint density at radius 1 is 1.27 bits per heavy atom. The first-order valence-electron chi connectivity index (χ1n) is 5.33. The van der Waals surface area contributed by atoms with Gasteiger partial charge in [-0.2, -0.15) is 0 Å². The summed E-state index contributed by atoms with van der Waals surface area (Å²) in [6, 6.07) is 1.96. The van der Waals surface area contributed by atoms with Gasteiger partial charge in [0.15, 0.2) is 0 Å². The van der Waals surface area contributed by atoms with E-state index in [0.29, 0.717) is 0 Å². The minimum absolute atomic E-state index is 0.744. The third-order valence-corrected chi connectivity index (χ3v) is 2.71. The Bertz CT molecular complexity index is 281. The maximum Gasteiger partial charge on any atom is 0.131 e. The molecule has 0 bridgehead atoms. The average molecular weight is 207 g/mol. The van der Waals surface area contributed by atoms with Crippen molar-refractivity contribution in [2.24, 2.45) is 5.73 Å². The van der Waals surface area contributed by atoms with E-state index in [0.717, 1.165) is 45.1 Å². The molecule has 5 heteroatoms. The van der Waals surface area contributed by atoms with E-state index in [1.165, 1.54) is 0 Å². The van der Waals surface area contributed by atoms with Crippen LogP contribution in [-0.2, 0) is 0 Å². The van der Waals surface area contributed by atoms with Crippen LogP contribution >= 0.6 is 0 Å². The molecule has 0 aromatic carbocycles. The number of rotatable bonds is 3. The molecule has 0 radical (unpaired) electrons. The average Bonchev–Trinajstić information content (AvgIpc) is 2.32. The van der Waals surface area contributed by atoms with E-state index in [-0.39, 0.29) is 0 Å². The predicted octanol–water partition coefficient (Wildman–Crippen LogP) is -0.443. The van der Waals surface area contributed by atoms with Gasteiger partial charge in [-0.25, -0.2) is 9.97 Å². The lowest BCUT2D eigenvalue weighted by Crippen LogP contribution is -2.48. The van der Waals surface area contributed by atoms with Crippen molar-refractivity contribution in [3.63, 3.8) is 0 Å². The standard InChI is InChI=1S/C10H17N5/c11-2-4-14-5-7-15(8-6-14)10-1-3-12-9-13-10/h1,3,9H,2,4-8,11H2. The summed E-state index contributed by atoms with van der Waals surface area (Å²) in [5.41, 5.74) is 5.53. The summed E-state index contributed by atoms with van der Waals surface area (Å²) in [6.45, 7) is 5.93. The number of piperazine rings is 1. The van der Waals surface area contributed by atoms with Crippen LogP contribution < -0.4 is 10.6 Å². The number of nitrogens with two attached hydrogens (primary N) is 1. The largest absolute Gasteiger partial charge is 0.354 e. The Balaban J connectivity index is 1.88. The lowest BCUT2D eigenvalue weighted by Gasteiger charge is -2.35. The Morgan fingerprint density at radius 2 is 2.07 bits per heavy atom.